The molecule has 0 radical (unpaired) electrons. The van der Waals surface area contributed by atoms with Crippen LogP contribution in [0.15, 0.2) is 22.7 Å². The second-order valence-electron chi connectivity index (χ2n) is 4.97. The van der Waals surface area contributed by atoms with Gasteiger partial charge < -0.3 is 10.4 Å². The highest BCUT2D eigenvalue weighted by Crippen LogP contribution is 2.27. The van der Waals surface area contributed by atoms with Gasteiger partial charge in [-0.1, -0.05) is 6.07 Å². The third-order valence-corrected chi connectivity index (χ3v) is 5.08. The molecule has 2 rings (SSSR count). The largest absolute Gasteiger partial charge is 0.480 e. The lowest BCUT2D eigenvalue weighted by molar-refractivity contribution is -0.148. The van der Waals surface area contributed by atoms with E-state index in [0.717, 1.165) is 0 Å². The first-order chi connectivity index (χ1) is 9.93. The zero-order chi connectivity index (χ0) is 15.5. The summed E-state index contributed by atoms with van der Waals surface area (Å²) >= 11 is 4.75. The minimum Gasteiger partial charge on any atom is -0.480 e. The number of amides is 1. The van der Waals surface area contributed by atoms with E-state index in [1.54, 1.807) is 11.8 Å². The number of rotatable bonds is 4. The van der Waals surface area contributed by atoms with Crippen LogP contribution in [0.3, 0.4) is 0 Å². The first-order valence-electron chi connectivity index (χ1n) is 6.49. The summed E-state index contributed by atoms with van der Waals surface area (Å²) < 4.78 is 13.4. The number of carboxylic acid groups (broad SMARTS) is 1. The third kappa shape index (κ3) is 3.97. The molecule has 114 valence electrons. The summed E-state index contributed by atoms with van der Waals surface area (Å²) in [6, 6.07) is 4.32. The molecule has 1 saturated heterocycles. The van der Waals surface area contributed by atoms with Crippen LogP contribution in [-0.2, 0) is 16.0 Å². The van der Waals surface area contributed by atoms with Gasteiger partial charge in [-0.3, -0.25) is 4.79 Å². The Hall–Kier alpha value is -1.08. The Morgan fingerprint density at radius 1 is 1.38 bits per heavy atom. The van der Waals surface area contributed by atoms with E-state index in [9.17, 15) is 19.1 Å². The van der Waals surface area contributed by atoms with Gasteiger partial charge in [0, 0.05) is 0 Å². The zero-order valence-electron chi connectivity index (χ0n) is 11.2. The average Bonchev–Trinajstić information content (AvgIpc) is 2.43. The van der Waals surface area contributed by atoms with Crippen LogP contribution in [0.1, 0.15) is 18.4 Å². The van der Waals surface area contributed by atoms with Crippen molar-refractivity contribution >= 4 is 39.6 Å². The van der Waals surface area contributed by atoms with E-state index in [0.29, 0.717) is 29.9 Å². The van der Waals surface area contributed by atoms with Crippen LogP contribution in [0.25, 0.3) is 0 Å². The molecular formula is C14H15BrFNO3S. The quantitative estimate of drug-likeness (QED) is 0.848. The Morgan fingerprint density at radius 3 is 2.62 bits per heavy atom. The fourth-order valence-corrected chi connectivity index (χ4v) is 3.87. The van der Waals surface area contributed by atoms with Gasteiger partial charge in [0.2, 0.25) is 5.91 Å². The molecule has 1 amide bonds. The number of halogens is 2. The van der Waals surface area contributed by atoms with Gasteiger partial charge in [-0.05, 0) is 58.0 Å². The highest BCUT2D eigenvalue weighted by Gasteiger charge is 2.41. The van der Waals surface area contributed by atoms with Crippen molar-refractivity contribution in [2.45, 2.75) is 24.8 Å². The van der Waals surface area contributed by atoms with Gasteiger partial charge in [0.05, 0.1) is 10.9 Å². The van der Waals surface area contributed by atoms with Crippen molar-refractivity contribution in [1.29, 1.82) is 0 Å². The lowest BCUT2D eigenvalue weighted by Gasteiger charge is -2.33. The summed E-state index contributed by atoms with van der Waals surface area (Å²) in [6.45, 7) is 0. The molecule has 0 aliphatic carbocycles. The molecule has 0 saturated carbocycles. The van der Waals surface area contributed by atoms with Crippen molar-refractivity contribution in [1.82, 2.24) is 5.32 Å². The molecular weight excluding hydrogens is 361 g/mol. The van der Waals surface area contributed by atoms with Gasteiger partial charge in [-0.15, -0.1) is 0 Å². The van der Waals surface area contributed by atoms with Crippen LogP contribution in [-0.4, -0.2) is 34.0 Å². The molecule has 7 heteroatoms. The maximum atomic E-state index is 13.1. The van der Waals surface area contributed by atoms with Crippen molar-refractivity contribution in [3.8, 4) is 0 Å². The van der Waals surface area contributed by atoms with Gasteiger partial charge in [0.15, 0.2) is 0 Å². The standard InChI is InChI=1S/C14H15BrFNO3S/c15-10-7-9(1-2-11(10)16)8-12(18)17-14(13(19)20)3-5-21-6-4-14/h1-2,7H,3-6,8H2,(H,17,18)(H,19,20). The summed E-state index contributed by atoms with van der Waals surface area (Å²) in [7, 11) is 0. The lowest BCUT2D eigenvalue weighted by Crippen LogP contribution is -2.56. The van der Waals surface area contributed by atoms with E-state index >= 15 is 0 Å². The second kappa shape index (κ2) is 6.79. The Balaban J connectivity index is 2.05. The smallest absolute Gasteiger partial charge is 0.329 e. The van der Waals surface area contributed by atoms with E-state index < -0.39 is 17.3 Å². The fourth-order valence-electron chi connectivity index (χ4n) is 2.26. The molecule has 1 aliphatic rings. The van der Waals surface area contributed by atoms with Crippen LogP contribution < -0.4 is 5.32 Å². The summed E-state index contributed by atoms with van der Waals surface area (Å²) in [6.07, 6.45) is 0.874. The van der Waals surface area contributed by atoms with Crippen LogP contribution in [0.4, 0.5) is 4.39 Å². The second-order valence-corrected chi connectivity index (χ2v) is 7.05. The van der Waals surface area contributed by atoms with Gasteiger partial charge in [0.1, 0.15) is 11.4 Å². The number of aliphatic carboxylic acids is 1. The van der Waals surface area contributed by atoms with Gasteiger partial charge in [-0.2, -0.15) is 11.8 Å². The number of hydrogen-bond acceptors (Lipinski definition) is 3. The molecule has 21 heavy (non-hydrogen) atoms. The van der Waals surface area contributed by atoms with Crippen LogP contribution >= 0.6 is 27.7 Å². The van der Waals surface area contributed by atoms with Crippen LogP contribution in [0, 0.1) is 5.82 Å². The minimum atomic E-state index is -1.17. The highest BCUT2D eigenvalue weighted by atomic mass is 79.9. The van der Waals surface area contributed by atoms with E-state index in [4.69, 9.17) is 0 Å². The normalized spacial score (nSPS) is 17.2. The zero-order valence-corrected chi connectivity index (χ0v) is 13.6. The topological polar surface area (TPSA) is 66.4 Å². The predicted octanol–water partition coefficient (Wildman–Crippen LogP) is 2.60. The van der Waals surface area contributed by atoms with E-state index in [-0.39, 0.29) is 16.8 Å². The summed E-state index contributed by atoms with van der Waals surface area (Å²) in [4.78, 5) is 23.6. The molecule has 1 aromatic rings. The van der Waals surface area contributed by atoms with E-state index in [1.807, 2.05) is 0 Å². The molecule has 0 unspecified atom stereocenters. The van der Waals surface area contributed by atoms with Crippen molar-refractivity contribution in [2.75, 3.05) is 11.5 Å². The number of benzene rings is 1. The Morgan fingerprint density at radius 2 is 2.05 bits per heavy atom. The van der Waals surface area contributed by atoms with Gasteiger partial charge >= 0.3 is 5.97 Å². The molecule has 2 N–H and O–H groups in total. The SMILES string of the molecule is O=C(Cc1ccc(F)c(Br)c1)NC1(C(=O)O)CCSCC1. The fraction of sp³-hybridized carbons (Fsp3) is 0.429. The number of nitrogens with one attached hydrogen (secondary N) is 1. The maximum Gasteiger partial charge on any atom is 0.329 e. The summed E-state index contributed by atoms with van der Waals surface area (Å²) in [5, 5.41) is 12.1. The van der Waals surface area contributed by atoms with Crippen LogP contribution in [0.2, 0.25) is 0 Å². The summed E-state index contributed by atoms with van der Waals surface area (Å²) in [5.41, 5.74) is -0.536. The maximum absolute atomic E-state index is 13.1. The third-order valence-electron chi connectivity index (χ3n) is 3.48. The number of thioether (sulfide) groups is 1. The molecule has 4 nitrogen and oxygen atoms in total. The monoisotopic (exact) mass is 375 g/mol. The highest BCUT2D eigenvalue weighted by molar-refractivity contribution is 9.10. The number of carboxylic acids is 1. The molecule has 1 fully saturated rings. The summed E-state index contributed by atoms with van der Waals surface area (Å²) in [5.74, 6) is -0.312. The number of carbonyl (C=O) groups excluding carboxylic acids is 1. The lowest BCUT2D eigenvalue weighted by atomic mass is 9.92. The van der Waals surface area contributed by atoms with Gasteiger partial charge in [-0.25, -0.2) is 9.18 Å². The number of hydrogen-bond donors (Lipinski definition) is 2. The van der Waals surface area contributed by atoms with Crippen LogP contribution in [0.5, 0.6) is 0 Å². The van der Waals surface area contributed by atoms with E-state index in [1.165, 1.54) is 18.2 Å². The van der Waals surface area contributed by atoms with E-state index in [2.05, 4.69) is 21.2 Å². The van der Waals surface area contributed by atoms with Crippen molar-refractivity contribution in [2.24, 2.45) is 0 Å². The Labute approximate surface area is 134 Å². The predicted molar refractivity (Wildman–Crippen MR) is 82.9 cm³/mol. The van der Waals surface area contributed by atoms with Gasteiger partial charge in [0.25, 0.3) is 0 Å². The molecule has 1 aliphatic heterocycles. The van der Waals surface area contributed by atoms with Crippen molar-refractivity contribution < 1.29 is 19.1 Å². The molecule has 0 spiro atoms. The molecule has 0 atom stereocenters. The number of carbonyl (C=O) groups is 2. The first-order valence-corrected chi connectivity index (χ1v) is 8.44. The molecule has 0 bridgehead atoms. The average molecular weight is 376 g/mol. The molecule has 0 aromatic heterocycles. The molecule has 1 heterocycles. The Bertz CT molecular complexity index is 561. The molecule has 1 aromatic carbocycles. The van der Waals surface area contributed by atoms with Crippen molar-refractivity contribution in [3.63, 3.8) is 0 Å². The Kier molecular flexibility index (Phi) is 5.27. The first kappa shape index (κ1) is 16.3. The van der Waals surface area contributed by atoms with Crippen molar-refractivity contribution in [3.05, 3.63) is 34.1 Å². The minimum absolute atomic E-state index is 0.0288.